The van der Waals surface area contributed by atoms with Crippen LogP contribution >= 0.6 is 0 Å². The SMILES string of the molecule is CCOC(=O)NC(C(=O)N(C)CCOc1cc(C)cc(C)c1)C(C)C. The second-order valence-electron chi connectivity index (χ2n) is 6.52. The molecule has 0 spiro atoms. The molecule has 0 bridgehead atoms. The minimum Gasteiger partial charge on any atom is -0.492 e. The molecule has 1 unspecified atom stereocenters. The lowest BCUT2D eigenvalue weighted by atomic mass is 10.0. The van der Waals surface area contributed by atoms with E-state index in [1.165, 1.54) is 0 Å². The Morgan fingerprint density at radius 3 is 2.28 bits per heavy atom. The van der Waals surface area contributed by atoms with Gasteiger partial charge in [-0.3, -0.25) is 4.79 Å². The minimum atomic E-state index is -0.620. The zero-order valence-corrected chi connectivity index (χ0v) is 16.1. The van der Waals surface area contributed by atoms with Crippen LogP contribution in [0.15, 0.2) is 18.2 Å². The monoisotopic (exact) mass is 350 g/mol. The Bertz CT molecular complexity index is 567. The predicted molar refractivity (Wildman–Crippen MR) is 97.8 cm³/mol. The average Bonchev–Trinajstić information content (AvgIpc) is 2.51. The number of amides is 2. The number of carbonyl (C=O) groups excluding carboxylic acids is 2. The van der Waals surface area contributed by atoms with Crippen LogP contribution in [0.4, 0.5) is 4.79 Å². The number of rotatable bonds is 8. The number of hydrogen-bond acceptors (Lipinski definition) is 4. The standard InChI is InChI=1S/C19H30N2O4/c1-7-24-19(23)20-17(13(2)3)18(22)21(6)8-9-25-16-11-14(4)10-15(5)12-16/h10-13,17H,7-9H2,1-6H3,(H,20,23). The number of alkyl carbamates (subject to hydrolysis) is 1. The quantitative estimate of drug-likeness (QED) is 0.783. The van der Waals surface area contributed by atoms with Crippen molar-refractivity contribution in [3.8, 4) is 5.75 Å². The molecule has 1 atom stereocenters. The van der Waals surface area contributed by atoms with E-state index in [2.05, 4.69) is 11.4 Å². The Labute approximate surface area is 150 Å². The third-order valence-electron chi connectivity index (χ3n) is 3.75. The number of aryl methyl sites for hydroxylation is 2. The second-order valence-corrected chi connectivity index (χ2v) is 6.52. The average molecular weight is 350 g/mol. The molecule has 140 valence electrons. The maximum Gasteiger partial charge on any atom is 0.407 e. The molecule has 0 saturated carbocycles. The number of hydrogen-bond donors (Lipinski definition) is 1. The van der Waals surface area contributed by atoms with Gasteiger partial charge in [0.15, 0.2) is 0 Å². The summed E-state index contributed by atoms with van der Waals surface area (Å²) in [5.41, 5.74) is 2.27. The fourth-order valence-corrected chi connectivity index (χ4v) is 2.48. The molecule has 0 heterocycles. The zero-order chi connectivity index (χ0) is 19.0. The molecule has 0 aromatic heterocycles. The van der Waals surface area contributed by atoms with E-state index in [0.717, 1.165) is 16.9 Å². The van der Waals surface area contributed by atoms with Crippen molar-refractivity contribution >= 4 is 12.0 Å². The Balaban J connectivity index is 2.56. The van der Waals surface area contributed by atoms with Crippen LogP contribution in [0.2, 0.25) is 0 Å². The molecule has 0 aliphatic rings. The molecule has 0 aliphatic heterocycles. The summed E-state index contributed by atoms with van der Waals surface area (Å²) in [5.74, 6) is 0.593. The summed E-state index contributed by atoms with van der Waals surface area (Å²) in [7, 11) is 1.70. The van der Waals surface area contributed by atoms with Gasteiger partial charge in [0.1, 0.15) is 18.4 Å². The van der Waals surface area contributed by atoms with Crippen molar-refractivity contribution in [2.75, 3.05) is 26.8 Å². The fourth-order valence-electron chi connectivity index (χ4n) is 2.48. The number of benzene rings is 1. The van der Waals surface area contributed by atoms with Gasteiger partial charge in [-0.15, -0.1) is 0 Å². The van der Waals surface area contributed by atoms with Gasteiger partial charge >= 0.3 is 6.09 Å². The fraction of sp³-hybridized carbons (Fsp3) is 0.579. The van der Waals surface area contributed by atoms with Gasteiger partial charge in [-0.1, -0.05) is 19.9 Å². The number of ether oxygens (including phenoxy) is 2. The van der Waals surface area contributed by atoms with Crippen molar-refractivity contribution < 1.29 is 19.1 Å². The van der Waals surface area contributed by atoms with Gasteiger partial charge < -0.3 is 19.7 Å². The van der Waals surface area contributed by atoms with Crippen molar-refractivity contribution in [1.82, 2.24) is 10.2 Å². The second kappa shape index (κ2) is 9.91. The van der Waals surface area contributed by atoms with Crippen LogP contribution in [0.1, 0.15) is 31.9 Å². The maximum absolute atomic E-state index is 12.6. The molecule has 1 rings (SSSR count). The molecular weight excluding hydrogens is 320 g/mol. The molecule has 2 amide bonds. The summed E-state index contributed by atoms with van der Waals surface area (Å²) in [4.78, 5) is 25.8. The molecule has 0 saturated heterocycles. The summed E-state index contributed by atoms with van der Waals surface area (Å²) in [6, 6.07) is 5.39. The lowest BCUT2D eigenvalue weighted by Crippen LogP contribution is -2.51. The van der Waals surface area contributed by atoms with Gasteiger partial charge in [-0.2, -0.15) is 0 Å². The molecule has 25 heavy (non-hydrogen) atoms. The third kappa shape index (κ3) is 7.03. The molecular formula is C19H30N2O4. The van der Waals surface area contributed by atoms with E-state index in [-0.39, 0.29) is 18.4 Å². The highest BCUT2D eigenvalue weighted by atomic mass is 16.5. The van der Waals surface area contributed by atoms with E-state index in [1.54, 1.807) is 18.9 Å². The van der Waals surface area contributed by atoms with Crippen molar-refractivity contribution in [1.29, 1.82) is 0 Å². The van der Waals surface area contributed by atoms with Gasteiger partial charge in [0.25, 0.3) is 0 Å². The third-order valence-corrected chi connectivity index (χ3v) is 3.75. The Morgan fingerprint density at radius 2 is 1.76 bits per heavy atom. The van der Waals surface area contributed by atoms with Crippen LogP contribution < -0.4 is 10.1 Å². The maximum atomic E-state index is 12.6. The smallest absolute Gasteiger partial charge is 0.407 e. The summed E-state index contributed by atoms with van der Waals surface area (Å²) in [6.07, 6.45) is -0.575. The van der Waals surface area contributed by atoms with Crippen molar-refractivity contribution in [3.05, 3.63) is 29.3 Å². The van der Waals surface area contributed by atoms with Crippen LogP contribution in [0, 0.1) is 19.8 Å². The van der Waals surface area contributed by atoms with Crippen LogP contribution in [0.5, 0.6) is 5.75 Å². The molecule has 0 radical (unpaired) electrons. The first-order valence-electron chi connectivity index (χ1n) is 8.64. The van der Waals surface area contributed by atoms with E-state index in [4.69, 9.17) is 9.47 Å². The first-order valence-corrected chi connectivity index (χ1v) is 8.64. The highest BCUT2D eigenvalue weighted by Gasteiger charge is 2.27. The minimum absolute atomic E-state index is 0.0419. The number of nitrogens with one attached hydrogen (secondary N) is 1. The van der Waals surface area contributed by atoms with Crippen molar-refractivity contribution in [2.24, 2.45) is 5.92 Å². The predicted octanol–water partition coefficient (Wildman–Crippen LogP) is 2.91. The highest BCUT2D eigenvalue weighted by Crippen LogP contribution is 2.16. The molecule has 0 fully saturated rings. The van der Waals surface area contributed by atoms with Crippen molar-refractivity contribution in [3.63, 3.8) is 0 Å². The molecule has 0 aliphatic carbocycles. The molecule has 6 heteroatoms. The summed E-state index contributed by atoms with van der Waals surface area (Å²) in [6.45, 7) is 10.6. The molecule has 1 aromatic carbocycles. The Hall–Kier alpha value is -2.24. The van der Waals surface area contributed by atoms with E-state index >= 15 is 0 Å². The molecule has 1 N–H and O–H groups in total. The van der Waals surface area contributed by atoms with Gasteiger partial charge in [0, 0.05) is 7.05 Å². The first kappa shape index (κ1) is 20.8. The van der Waals surface area contributed by atoms with Gasteiger partial charge in [-0.25, -0.2) is 4.79 Å². The summed E-state index contributed by atoms with van der Waals surface area (Å²) >= 11 is 0. The van der Waals surface area contributed by atoms with E-state index in [0.29, 0.717) is 13.2 Å². The van der Waals surface area contributed by atoms with Crippen molar-refractivity contribution in [2.45, 2.75) is 40.7 Å². The number of nitrogens with zero attached hydrogens (tertiary/aromatic N) is 1. The Kier molecular flexibility index (Phi) is 8.25. The molecule has 1 aromatic rings. The van der Waals surface area contributed by atoms with Crippen LogP contribution in [-0.4, -0.2) is 49.7 Å². The first-order chi connectivity index (χ1) is 11.7. The highest BCUT2D eigenvalue weighted by molar-refractivity contribution is 5.85. The van der Waals surface area contributed by atoms with Gasteiger partial charge in [-0.05, 0) is 49.9 Å². The van der Waals surface area contributed by atoms with Gasteiger partial charge in [0.05, 0.1) is 13.2 Å². The number of likely N-dealkylation sites (N-methyl/N-ethyl adjacent to an activating group) is 1. The van der Waals surface area contributed by atoms with E-state index < -0.39 is 12.1 Å². The topological polar surface area (TPSA) is 67.9 Å². The lowest BCUT2D eigenvalue weighted by Gasteiger charge is -2.26. The van der Waals surface area contributed by atoms with E-state index in [1.807, 2.05) is 39.8 Å². The number of carbonyl (C=O) groups is 2. The van der Waals surface area contributed by atoms with Crippen LogP contribution in [0.25, 0.3) is 0 Å². The van der Waals surface area contributed by atoms with E-state index in [9.17, 15) is 9.59 Å². The molecule has 6 nitrogen and oxygen atoms in total. The normalized spacial score (nSPS) is 11.8. The lowest BCUT2D eigenvalue weighted by molar-refractivity contribution is -0.133. The Morgan fingerprint density at radius 1 is 1.16 bits per heavy atom. The zero-order valence-electron chi connectivity index (χ0n) is 16.1. The van der Waals surface area contributed by atoms with Crippen LogP contribution in [-0.2, 0) is 9.53 Å². The summed E-state index contributed by atoms with van der Waals surface area (Å²) < 4.78 is 10.6. The van der Waals surface area contributed by atoms with Crippen LogP contribution in [0.3, 0.4) is 0 Å². The van der Waals surface area contributed by atoms with Gasteiger partial charge in [0.2, 0.25) is 5.91 Å². The largest absolute Gasteiger partial charge is 0.492 e. The summed E-state index contributed by atoms with van der Waals surface area (Å²) in [5, 5.41) is 2.63.